The van der Waals surface area contributed by atoms with Crippen molar-refractivity contribution in [2.45, 2.75) is 32.6 Å². The van der Waals surface area contributed by atoms with Crippen LogP contribution in [0.5, 0.6) is 5.75 Å². The van der Waals surface area contributed by atoms with Gasteiger partial charge in [-0.05, 0) is 62.9 Å². The molecule has 0 atom stereocenters. The lowest BCUT2D eigenvalue weighted by atomic mass is 10.2. The molecule has 0 unspecified atom stereocenters. The van der Waals surface area contributed by atoms with Gasteiger partial charge in [0.15, 0.2) is 0 Å². The Morgan fingerprint density at radius 1 is 1.06 bits per heavy atom. The first-order valence-corrected chi connectivity index (χ1v) is 9.84. The molecular weight excluding hydrogens is 402 g/mol. The fourth-order valence-corrected chi connectivity index (χ4v) is 2.49. The third-order valence-corrected chi connectivity index (χ3v) is 4.21. The average molecular weight is 427 g/mol. The number of ether oxygens (including phenoxy) is 2. The first-order valence-electron chi connectivity index (χ1n) is 9.84. The van der Waals surface area contributed by atoms with Gasteiger partial charge in [-0.2, -0.15) is 0 Å². The van der Waals surface area contributed by atoms with E-state index in [2.05, 4.69) is 16.9 Å². The van der Waals surface area contributed by atoms with Crippen LogP contribution in [-0.4, -0.2) is 35.0 Å². The van der Waals surface area contributed by atoms with Gasteiger partial charge in [-0.3, -0.25) is 14.9 Å². The molecule has 1 heterocycles. The monoisotopic (exact) mass is 427 g/mol. The molecule has 0 aliphatic carbocycles. The number of anilines is 1. The predicted octanol–water partition coefficient (Wildman–Crippen LogP) is 4.30. The van der Waals surface area contributed by atoms with Crippen molar-refractivity contribution in [3.05, 3.63) is 70.4 Å². The van der Waals surface area contributed by atoms with Crippen molar-refractivity contribution < 1.29 is 24.0 Å². The van der Waals surface area contributed by atoms with Gasteiger partial charge in [0.25, 0.3) is 11.6 Å². The SMILES string of the molecule is C=C(C)C(=O)OCCCCCCOc1ccc(C(=O)Nc2ccc([N+](=O)[O-])cn2)cc1. The molecule has 0 aliphatic rings. The van der Waals surface area contributed by atoms with E-state index in [1.807, 2.05) is 0 Å². The highest BCUT2D eigenvalue weighted by Gasteiger charge is 2.10. The largest absolute Gasteiger partial charge is 0.494 e. The number of carbonyl (C=O) groups is 2. The molecular formula is C22H25N3O6. The molecule has 2 aromatic rings. The van der Waals surface area contributed by atoms with Crippen LogP contribution in [-0.2, 0) is 9.53 Å². The van der Waals surface area contributed by atoms with Gasteiger partial charge in [0.1, 0.15) is 17.8 Å². The Bertz CT molecular complexity index is 910. The zero-order chi connectivity index (χ0) is 22.6. The lowest BCUT2D eigenvalue weighted by molar-refractivity contribution is -0.385. The van der Waals surface area contributed by atoms with Crippen molar-refractivity contribution in [2.75, 3.05) is 18.5 Å². The van der Waals surface area contributed by atoms with Gasteiger partial charge in [0, 0.05) is 17.2 Å². The third-order valence-electron chi connectivity index (χ3n) is 4.21. The summed E-state index contributed by atoms with van der Waals surface area (Å²) in [6, 6.07) is 9.31. The molecule has 2 rings (SSSR count). The molecule has 31 heavy (non-hydrogen) atoms. The first-order chi connectivity index (χ1) is 14.9. The number of pyridine rings is 1. The van der Waals surface area contributed by atoms with Crippen LogP contribution in [0.4, 0.5) is 11.5 Å². The Hall–Kier alpha value is -3.75. The number of hydrogen-bond acceptors (Lipinski definition) is 7. The minimum atomic E-state index is -0.557. The van der Waals surface area contributed by atoms with Crippen LogP contribution >= 0.6 is 0 Å². The summed E-state index contributed by atoms with van der Waals surface area (Å²) in [5, 5.41) is 13.2. The molecule has 0 saturated carbocycles. The molecule has 0 spiro atoms. The maximum Gasteiger partial charge on any atom is 0.333 e. The number of rotatable bonds is 12. The summed E-state index contributed by atoms with van der Waals surface area (Å²) in [4.78, 5) is 37.4. The van der Waals surface area contributed by atoms with Crippen LogP contribution in [0.2, 0.25) is 0 Å². The number of unbranched alkanes of at least 4 members (excludes halogenated alkanes) is 3. The zero-order valence-corrected chi connectivity index (χ0v) is 17.3. The van der Waals surface area contributed by atoms with Gasteiger partial charge < -0.3 is 14.8 Å². The summed E-state index contributed by atoms with van der Waals surface area (Å²) in [7, 11) is 0. The number of benzene rings is 1. The molecule has 0 fully saturated rings. The first kappa shape index (κ1) is 23.5. The predicted molar refractivity (Wildman–Crippen MR) is 115 cm³/mol. The fraction of sp³-hybridized carbons (Fsp3) is 0.318. The summed E-state index contributed by atoms with van der Waals surface area (Å²) in [6.07, 6.45) is 4.63. The maximum absolute atomic E-state index is 12.2. The molecule has 1 aromatic heterocycles. The Balaban J connectivity index is 1.66. The molecule has 1 N–H and O–H groups in total. The van der Waals surface area contributed by atoms with E-state index in [-0.39, 0.29) is 23.4 Å². The third kappa shape index (κ3) is 8.25. The molecule has 0 aliphatic heterocycles. The zero-order valence-electron chi connectivity index (χ0n) is 17.3. The lowest BCUT2D eigenvalue weighted by Gasteiger charge is -2.08. The van der Waals surface area contributed by atoms with Gasteiger partial charge in [0.05, 0.1) is 18.1 Å². The Kier molecular flexibility index (Phi) is 9.15. The molecule has 0 saturated heterocycles. The standard InChI is InChI=1S/C22H25N3O6/c1-16(2)22(27)31-14-6-4-3-5-13-30-19-10-7-17(8-11-19)21(26)24-20-12-9-18(15-23-20)25(28)29/h7-12,15H,1,3-6,13-14H2,2H3,(H,23,24,26). The van der Waals surface area contributed by atoms with Gasteiger partial charge >= 0.3 is 5.97 Å². The molecule has 0 radical (unpaired) electrons. The van der Waals surface area contributed by atoms with Crippen LogP contribution in [0, 0.1) is 10.1 Å². The minimum absolute atomic E-state index is 0.147. The second-order valence-electron chi connectivity index (χ2n) is 6.82. The number of nitrogens with one attached hydrogen (secondary N) is 1. The Labute approximate surface area is 180 Å². The smallest absolute Gasteiger partial charge is 0.333 e. The van der Waals surface area contributed by atoms with E-state index >= 15 is 0 Å². The van der Waals surface area contributed by atoms with Crippen molar-refractivity contribution in [3.63, 3.8) is 0 Å². The fourth-order valence-electron chi connectivity index (χ4n) is 2.49. The van der Waals surface area contributed by atoms with Crippen molar-refractivity contribution >= 4 is 23.4 Å². The number of aromatic nitrogens is 1. The average Bonchev–Trinajstić information content (AvgIpc) is 2.76. The highest BCUT2D eigenvalue weighted by molar-refractivity contribution is 6.03. The number of amides is 1. The minimum Gasteiger partial charge on any atom is -0.494 e. The summed E-state index contributed by atoms with van der Waals surface area (Å²) < 4.78 is 10.7. The normalized spacial score (nSPS) is 10.2. The molecule has 0 bridgehead atoms. The van der Waals surface area contributed by atoms with Crippen LogP contribution in [0.3, 0.4) is 0 Å². The lowest BCUT2D eigenvalue weighted by Crippen LogP contribution is -2.12. The second kappa shape index (κ2) is 12.1. The van der Waals surface area contributed by atoms with Gasteiger partial charge in [-0.1, -0.05) is 6.58 Å². The van der Waals surface area contributed by atoms with E-state index in [0.717, 1.165) is 31.9 Å². The molecule has 164 valence electrons. The number of esters is 1. The highest BCUT2D eigenvalue weighted by Crippen LogP contribution is 2.16. The van der Waals surface area contributed by atoms with Gasteiger partial charge in [0.2, 0.25) is 0 Å². The summed E-state index contributed by atoms with van der Waals surface area (Å²) in [5.41, 5.74) is 0.669. The van der Waals surface area contributed by atoms with E-state index in [9.17, 15) is 19.7 Å². The van der Waals surface area contributed by atoms with Crippen LogP contribution in [0.15, 0.2) is 54.7 Å². The number of carbonyl (C=O) groups excluding carboxylic acids is 2. The van der Waals surface area contributed by atoms with Gasteiger partial charge in [-0.15, -0.1) is 0 Å². The van der Waals surface area contributed by atoms with E-state index in [1.54, 1.807) is 31.2 Å². The number of nitro groups is 1. The number of nitrogens with zero attached hydrogens (tertiary/aromatic N) is 2. The van der Waals surface area contributed by atoms with Crippen molar-refractivity contribution in [1.82, 2.24) is 4.98 Å². The molecule has 1 aromatic carbocycles. The van der Waals surface area contributed by atoms with E-state index in [4.69, 9.17) is 9.47 Å². The van der Waals surface area contributed by atoms with E-state index < -0.39 is 4.92 Å². The van der Waals surface area contributed by atoms with E-state index in [0.29, 0.717) is 30.1 Å². The summed E-state index contributed by atoms with van der Waals surface area (Å²) in [5.74, 6) is 0.149. The summed E-state index contributed by atoms with van der Waals surface area (Å²) >= 11 is 0. The second-order valence-corrected chi connectivity index (χ2v) is 6.82. The molecule has 1 amide bonds. The van der Waals surface area contributed by atoms with Crippen LogP contribution in [0.1, 0.15) is 43.0 Å². The van der Waals surface area contributed by atoms with Crippen LogP contribution in [0.25, 0.3) is 0 Å². The van der Waals surface area contributed by atoms with Crippen LogP contribution < -0.4 is 10.1 Å². The maximum atomic E-state index is 12.2. The molecule has 9 nitrogen and oxygen atoms in total. The van der Waals surface area contributed by atoms with Crippen molar-refractivity contribution in [1.29, 1.82) is 0 Å². The molecule has 9 heteroatoms. The highest BCUT2D eigenvalue weighted by atomic mass is 16.6. The Morgan fingerprint density at radius 2 is 1.74 bits per heavy atom. The number of hydrogen-bond donors (Lipinski definition) is 1. The quantitative estimate of drug-likeness (QED) is 0.176. The van der Waals surface area contributed by atoms with Crippen molar-refractivity contribution in [2.24, 2.45) is 0 Å². The van der Waals surface area contributed by atoms with Gasteiger partial charge in [-0.25, -0.2) is 9.78 Å². The topological polar surface area (TPSA) is 121 Å². The van der Waals surface area contributed by atoms with Crippen molar-refractivity contribution in [3.8, 4) is 5.75 Å². The Morgan fingerprint density at radius 3 is 2.32 bits per heavy atom. The van der Waals surface area contributed by atoms with E-state index in [1.165, 1.54) is 12.1 Å². The summed E-state index contributed by atoms with van der Waals surface area (Å²) in [6.45, 7) is 6.09.